The molecule has 114 valence electrons. The van der Waals surface area contributed by atoms with Crippen LogP contribution in [0, 0.1) is 17.8 Å². The first kappa shape index (κ1) is 15.3. The van der Waals surface area contributed by atoms with Gasteiger partial charge in [-0.15, -0.1) is 0 Å². The van der Waals surface area contributed by atoms with Gasteiger partial charge >= 0.3 is 0 Å². The summed E-state index contributed by atoms with van der Waals surface area (Å²) in [5.41, 5.74) is 5.67. The van der Waals surface area contributed by atoms with Crippen LogP contribution in [0.15, 0.2) is 0 Å². The van der Waals surface area contributed by atoms with Gasteiger partial charge in [-0.05, 0) is 31.6 Å². The molecule has 0 radical (unpaired) electrons. The topological polar surface area (TPSA) is 75.4 Å². The fraction of sp³-hybridized carbons (Fsp3) is 0.867. The highest BCUT2D eigenvalue weighted by molar-refractivity contribution is 5.81. The third-order valence-electron chi connectivity index (χ3n) is 4.48. The molecule has 0 aromatic rings. The van der Waals surface area contributed by atoms with E-state index < -0.39 is 0 Å². The smallest absolute Gasteiger partial charge is 0.225 e. The number of amides is 2. The van der Waals surface area contributed by atoms with E-state index in [0.717, 1.165) is 38.8 Å². The van der Waals surface area contributed by atoms with Gasteiger partial charge in [-0.2, -0.15) is 0 Å². The molecule has 0 spiro atoms. The van der Waals surface area contributed by atoms with Crippen LogP contribution < -0.4 is 11.1 Å². The minimum absolute atomic E-state index is 0.0643. The Labute approximate surface area is 121 Å². The minimum atomic E-state index is -0.110. The van der Waals surface area contributed by atoms with Crippen LogP contribution in [0.3, 0.4) is 0 Å². The second kappa shape index (κ2) is 6.57. The van der Waals surface area contributed by atoms with Crippen LogP contribution in [-0.2, 0) is 9.59 Å². The number of carbonyl (C=O) groups is 2. The van der Waals surface area contributed by atoms with Gasteiger partial charge in [0.1, 0.15) is 0 Å². The molecule has 1 unspecified atom stereocenters. The van der Waals surface area contributed by atoms with E-state index in [4.69, 9.17) is 5.73 Å². The first-order chi connectivity index (χ1) is 9.52. The van der Waals surface area contributed by atoms with E-state index in [-0.39, 0.29) is 23.8 Å². The Kier molecular flexibility index (Phi) is 5.02. The van der Waals surface area contributed by atoms with Crippen LogP contribution >= 0.6 is 0 Å². The molecule has 2 rings (SSSR count). The van der Waals surface area contributed by atoms with Gasteiger partial charge in [-0.3, -0.25) is 9.59 Å². The summed E-state index contributed by atoms with van der Waals surface area (Å²) in [4.78, 5) is 26.1. The van der Waals surface area contributed by atoms with Crippen LogP contribution in [0.5, 0.6) is 0 Å². The third kappa shape index (κ3) is 3.72. The number of rotatable bonds is 5. The van der Waals surface area contributed by atoms with Crippen molar-refractivity contribution in [1.29, 1.82) is 0 Å². The van der Waals surface area contributed by atoms with Gasteiger partial charge in [0.2, 0.25) is 11.8 Å². The van der Waals surface area contributed by atoms with Crippen molar-refractivity contribution in [1.82, 2.24) is 10.2 Å². The monoisotopic (exact) mass is 281 g/mol. The van der Waals surface area contributed by atoms with Crippen molar-refractivity contribution in [2.24, 2.45) is 23.5 Å². The molecule has 1 heterocycles. The van der Waals surface area contributed by atoms with Crippen molar-refractivity contribution in [2.75, 3.05) is 19.6 Å². The van der Waals surface area contributed by atoms with E-state index in [9.17, 15) is 9.59 Å². The van der Waals surface area contributed by atoms with Gasteiger partial charge in [0.05, 0.1) is 5.92 Å². The molecule has 1 saturated carbocycles. The second-order valence-corrected chi connectivity index (χ2v) is 6.47. The van der Waals surface area contributed by atoms with Gasteiger partial charge in [0.15, 0.2) is 0 Å². The van der Waals surface area contributed by atoms with Crippen LogP contribution in [0.4, 0.5) is 0 Å². The molecule has 3 N–H and O–H groups in total. The standard InChI is InChI=1S/C15H27N3O2/c1-10(2)13(9-16)14(19)17-12-5-7-18(8-6-12)15(20)11-3-4-11/h10-13H,3-9,16H2,1-2H3,(H,17,19). The van der Waals surface area contributed by atoms with E-state index >= 15 is 0 Å². The quantitative estimate of drug-likeness (QED) is 0.780. The summed E-state index contributed by atoms with van der Waals surface area (Å²) < 4.78 is 0. The summed E-state index contributed by atoms with van der Waals surface area (Å²) in [5.74, 6) is 0.827. The van der Waals surface area contributed by atoms with E-state index in [0.29, 0.717) is 18.4 Å². The lowest BCUT2D eigenvalue weighted by atomic mass is 9.94. The number of piperidine rings is 1. The fourth-order valence-electron chi connectivity index (χ4n) is 2.82. The SMILES string of the molecule is CC(C)C(CN)C(=O)NC1CCN(C(=O)C2CC2)CC1. The lowest BCUT2D eigenvalue weighted by Crippen LogP contribution is -2.49. The van der Waals surface area contributed by atoms with Crippen LogP contribution in [0.1, 0.15) is 39.5 Å². The van der Waals surface area contributed by atoms with Crippen molar-refractivity contribution in [3.8, 4) is 0 Å². The van der Waals surface area contributed by atoms with Crippen LogP contribution in [0.25, 0.3) is 0 Å². The maximum atomic E-state index is 12.1. The maximum absolute atomic E-state index is 12.1. The van der Waals surface area contributed by atoms with Crippen molar-refractivity contribution in [2.45, 2.75) is 45.6 Å². The fourth-order valence-corrected chi connectivity index (χ4v) is 2.82. The molecule has 1 aliphatic carbocycles. The Morgan fingerprint density at radius 2 is 1.80 bits per heavy atom. The highest BCUT2D eigenvalue weighted by atomic mass is 16.2. The van der Waals surface area contributed by atoms with E-state index in [1.807, 2.05) is 18.7 Å². The predicted octanol–water partition coefficient (Wildman–Crippen LogP) is 0.735. The van der Waals surface area contributed by atoms with Gasteiger partial charge < -0.3 is 16.0 Å². The van der Waals surface area contributed by atoms with Gasteiger partial charge in [0, 0.05) is 31.6 Å². The van der Waals surface area contributed by atoms with Gasteiger partial charge in [0.25, 0.3) is 0 Å². The summed E-state index contributed by atoms with van der Waals surface area (Å²) in [6, 6.07) is 0.193. The molecule has 5 nitrogen and oxygen atoms in total. The van der Waals surface area contributed by atoms with E-state index in [2.05, 4.69) is 5.32 Å². The normalized spacial score (nSPS) is 21.9. The van der Waals surface area contributed by atoms with Crippen molar-refractivity contribution < 1.29 is 9.59 Å². The summed E-state index contributed by atoms with van der Waals surface area (Å²) >= 11 is 0. The van der Waals surface area contributed by atoms with E-state index in [1.165, 1.54) is 0 Å². The molecule has 0 bridgehead atoms. The average molecular weight is 281 g/mol. The van der Waals surface area contributed by atoms with Crippen LogP contribution in [-0.4, -0.2) is 42.4 Å². The lowest BCUT2D eigenvalue weighted by Gasteiger charge is -2.33. The first-order valence-corrected chi connectivity index (χ1v) is 7.82. The minimum Gasteiger partial charge on any atom is -0.353 e. The predicted molar refractivity (Wildman–Crippen MR) is 77.9 cm³/mol. The zero-order chi connectivity index (χ0) is 14.7. The molecule has 1 aliphatic heterocycles. The molecule has 2 amide bonds. The second-order valence-electron chi connectivity index (χ2n) is 6.47. The Morgan fingerprint density at radius 3 is 2.25 bits per heavy atom. The number of nitrogens with two attached hydrogens (primary N) is 1. The summed E-state index contributed by atoms with van der Waals surface area (Å²) in [6.07, 6.45) is 3.84. The number of likely N-dealkylation sites (tertiary alicyclic amines) is 1. The van der Waals surface area contributed by atoms with Crippen LogP contribution in [0.2, 0.25) is 0 Å². The van der Waals surface area contributed by atoms with Crippen molar-refractivity contribution in [3.05, 3.63) is 0 Å². The molecular formula is C15H27N3O2. The molecule has 2 fully saturated rings. The third-order valence-corrected chi connectivity index (χ3v) is 4.48. The zero-order valence-corrected chi connectivity index (χ0v) is 12.6. The van der Waals surface area contributed by atoms with E-state index in [1.54, 1.807) is 0 Å². The average Bonchev–Trinajstić information content (AvgIpc) is 3.23. The number of carbonyl (C=O) groups excluding carboxylic acids is 2. The van der Waals surface area contributed by atoms with Gasteiger partial charge in [-0.25, -0.2) is 0 Å². The van der Waals surface area contributed by atoms with Gasteiger partial charge in [-0.1, -0.05) is 13.8 Å². The number of hydrogen-bond donors (Lipinski definition) is 2. The Bertz CT molecular complexity index is 358. The first-order valence-electron chi connectivity index (χ1n) is 7.82. The molecule has 2 aliphatic rings. The molecule has 1 atom stereocenters. The molecular weight excluding hydrogens is 254 g/mol. The molecule has 5 heteroatoms. The highest BCUT2D eigenvalue weighted by Gasteiger charge is 2.35. The Hall–Kier alpha value is -1.10. The largest absolute Gasteiger partial charge is 0.353 e. The summed E-state index contributed by atoms with van der Waals surface area (Å²) in [5, 5.41) is 3.10. The molecule has 0 aromatic carbocycles. The number of hydrogen-bond acceptors (Lipinski definition) is 3. The molecule has 20 heavy (non-hydrogen) atoms. The Balaban J connectivity index is 1.76. The number of nitrogens with zero attached hydrogens (tertiary/aromatic N) is 1. The molecule has 1 saturated heterocycles. The Morgan fingerprint density at radius 1 is 1.20 bits per heavy atom. The summed E-state index contributed by atoms with van der Waals surface area (Å²) in [7, 11) is 0. The van der Waals surface area contributed by atoms with Crippen molar-refractivity contribution in [3.63, 3.8) is 0 Å². The van der Waals surface area contributed by atoms with Crippen molar-refractivity contribution >= 4 is 11.8 Å². The zero-order valence-electron chi connectivity index (χ0n) is 12.6. The maximum Gasteiger partial charge on any atom is 0.225 e. The number of nitrogens with one attached hydrogen (secondary N) is 1. The molecule has 0 aromatic heterocycles. The summed E-state index contributed by atoms with van der Waals surface area (Å²) in [6.45, 7) is 5.98. The highest BCUT2D eigenvalue weighted by Crippen LogP contribution is 2.31. The lowest BCUT2D eigenvalue weighted by molar-refractivity contribution is -0.133.